The summed E-state index contributed by atoms with van der Waals surface area (Å²) < 4.78 is 0.635. The molecule has 1 aromatic carbocycles. The molecule has 0 radical (unpaired) electrons. The molecule has 114 valence electrons. The van der Waals surface area contributed by atoms with E-state index >= 15 is 0 Å². The molecule has 7 nitrogen and oxygen atoms in total. The number of carbonyl (C=O) groups is 1. The lowest BCUT2D eigenvalue weighted by Crippen LogP contribution is -2.37. The predicted octanol–water partition coefficient (Wildman–Crippen LogP) is 0.853. The molecule has 0 atom stereocenters. The molecule has 0 spiro atoms. The van der Waals surface area contributed by atoms with E-state index in [1.807, 2.05) is 18.2 Å². The largest absolute Gasteiger partial charge is 0.480 e. The number of carboxylic acids is 1. The molecule has 0 bridgehead atoms. The predicted molar refractivity (Wildman–Crippen MR) is 80.7 cm³/mol. The highest BCUT2D eigenvalue weighted by Gasteiger charge is 2.12. The molecule has 0 fully saturated rings. The quantitative estimate of drug-likeness (QED) is 0.776. The van der Waals surface area contributed by atoms with Crippen LogP contribution < -0.4 is 16.6 Å². The van der Waals surface area contributed by atoms with Crippen molar-refractivity contribution in [2.24, 2.45) is 0 Å². The summed E-state index contributed by atoms with van der Waals surface area (Å²) in [5, 5.41) is 11.7. The van der Waals surface area contributed by atoms with Gasteiger partial charge in [-0.3, -0.25) is 14.6 Å². The summed E-state index contributed by atoms with van der Waals surface area (Å²) in [5.41, 5.74) is 1.97. The Bertz CT molecular complexity index is 819. The Labute approximate surface area is 125 Å². The second-order valence-corrected chi connectivity index (χ2v) is 5.27. The molecule has 22 heavy (non-hydrogen) atoms. The highest BCUT2D eigenvalue weighted by atomic mass is 16.4. The van der Waals surface area contributed by atoms with Crippen LogP contribution in [0.1, 0.15) is 17.5 Å². The van der Waals surface area contributed by atoms with E-state index in [4.69, 9.17) is 5.11 Å². The van der Waals surface area contributed by atoms with Gasteiger partial charge in [0.25, 0.3) is 5.56 Å². The van der Waals surface area contributed by atoms with Crippen molar-refractivity contribution in [2.75, 3.05) is 5.32 Å². The Kier molecular flexibility index (Phi) is 3.54. The van der Waals surface area contributed by atoms with Crippen LogP contribution in [0.4, 0.5) is 11.5 Å². The smallest absolute Gasteiger partial charge is 0.330 e. The number of nitrogens with one attached hydrogen (secondary N) is 2. The lowest BCUT2D eigenvalue weighted by Gasteiger charge is -2.09. The zero-order valence-electron chi connectivity index (χ0n) is 11.8. The van der Waals surface area contributed by atoms with Crippen LogP contribution in [0.2, 0.25) is 0 Å². The maximum Gasteiger partial charge on any atom is 0.330 e. The Morgan fingerprint density at radius 3 is 2.73 bits per heavy atom. The summed E-state index contributed by atoms with van der Waals surface area (Å²) in [5.74, 6) is -0.999. The highest BCUT2D eigenvalue weighted by molar-refractivity contribution is 5.66. The van der Waals surface area contributed by atoms with Crippen molar-refractivity contribution < 1.29 is 9.90 Å². The summed E-state index contributed by atoms with van der Waals surface area (Å²) in [6, 6.07) is 7.11. The molecule has 0 amide bonds. The molecule has 0 saturated heterocycles. The van der Waals surface area contributed by atoms with Gasteiger partial charge in [0.15, 0.2) is 0 Å². The van der Waals surface area contributed by atoms with E-state index < -0.39 is 23.8 Å². The van der Waals surface area contributed by atoms with Crippen molar-refractivity contribution in [3.05, 3.63) is 56.2 Å². The monoisotopic (exact) mass is 301 g/mol. The van der Waals surface area contributed by atoms with Crippen molar-refractivity contribution in [1.29, 1.82) is 0 Å². The van der Waals surface area contributed by atoms with Gasteiger partial charge in [-0.25, -0.2) is 9.36 Å². The highest BCUT2D eigenvalue weighted by Crippen LogP contribution is 2.25. The molecular weight excluding hydrogens is 286 g/mol. The molecule has 1 aromatic heterocycles. The molecule has 0 aliphatic heterocycles. The summed E-state index contributed by atoms with van der Waals surface area (Å²) in [6.45, 7) is -0.659. The van der Waals surface area contributed by atoms with Gasteiger partial charge < -0.3 is 10.4 Å². The molecule has 3 N–H and O–H groups in total. The third-order valence-corrected chi connectivity index (χ3v) is 3.69. The van der Waals surface area contributed by atoms with Gasteiger partial charge in [-0.1, -0.05) is 6.07 Å². The Morgan fingerprint density at radius 2 is 2.00 bits per heavy atom. The number of aromatic nitrogens is 2. The molecule has 7 heteroatoms. The van der Waals surface area contributed by atoms with Crippen molar-refractivity contribution >= 4 is 17.5 Å². The molecule has 1 aliphatic carbocycles. The molecule has 2 aromatic rings. The van der Waals surface area contributed by atoms with E-state index in [2.05, 4.69) is 10.3 Å². The van der Waals surface area contributed by atoms with Crippen molar-refractivity contribution in [1.82, 2.24) is 9.55 Å². The minimum absolute atomic E-state index is 0.245. The van der Waals surface area contributed by atoms with Gasteiger partial charge in [0.05, 0.1) is 0 Å². The van der Waals surface area contributed by atoms with Crippen LogP contribution in [0.3, 0.4) is 0 Å². The normalized spacial score (nSPS) is 12.9. The number of H-pyrrole nitrogens is 1. The lowest BCUT2D eigenvalue weighted by molar-refractivity contribution is -0.137. The first-order valence-electron chi connectivity index (χ1n) is 6.98. The van der Waals surface area contributed by atoms with E-state index in [0.717, 1.165) is 24.9 Å². The van der Waals surface area contributed by atoms with E-state index in [0.29, 0.717) is 4.57 Å². The molecular formula is C15H15N3O4. The van der Waals surface area contributed by atoms with Crippen molar-refractivity contribution in [3.8, 4) is 0 Å². The van der Waals surface area contributed by atoms with Gasteiger partial charge in [-0.05, 0) is 42.5 Å². The van der Waals surface area contributed by atoms with Crippen LogP contribution in [0.25, 0.3) is 0 Å². The SMILES string of the molecule is O=C(O)Cn1c(=O)cc(Nc2ccc3c(c2)CCC3)[nH]c1=O. The molecule has 1 aliphatic rings. The average molecular weight is 301 g/mol. The van der Waals surface area contributed by atoms with Gasteiger partial charge in [0.1, 0.15) is 12.4 Å². The van der Waals surface area contributed by atoms with Gasteiger partial charge in [-0.2, -0.15) is 0 Å². The summed E-state index contributed by atoms with van der Waals surface area (Å²) in [6.07, 6.45) is 3.25. The number of benzene rings is 1. The molecule has 3 rings (SSSR count). The second kappa shape index (κ2) is 5.51. The van der Waals surface area contributed by atoms with Gasteiger partial charge in [-0.15, -0.1) is 0 Å². The van der Waals surface area contributed by atoms with Crippen LogP contribution in [0.5, 0.6) is 0 Å². The average Bonchev–Trinajstić information content (AvgIpc) is 2.90. The minimum atomic E-state index is -1.24. The number of carboxylic acid groups (broad SMARTS) is 1. The van der Waals surface area contributed by atoms with Gasteiger partial charge >= 0.3 is 11.7 Å². The number of rotatable bonds is 4. The van der Waals surface area contributed by atoms with Crippen LogP contribution in [-0.4, -0.2) is 20.6 Å². The maximum absolute atomic E-state index is 11.8. The van der Waals surface area contributed by atoms with Crippen molar-refractivity contribution in [2.45, 2.75) is 25.8 Å². The van der Waals surface area contributed by atoms with E-state index in [-0.39, 0.29) is 5.82 Å². The third-order valence-electron chi connectivity index (χ3n) is 3.69. The van der Waals surface area contributed by atoms with Crippen LogP contribution in [0.15, 0.2) is 33.9 Å². The number of nitrogens with zero attached hydrogens (tertiary/aromatic N) is 1. The number of anilines is 2. The standard InChI is InChI=1S/C15H15N3O4/c19-13-7-12(17-15(22)18(13)8-14(20)21)16-11-5-4-9-2-1-3-10(9)6-11/h4-7,16H,1-3,8H2,(H,17,22)(H,20,21). The Hall–Kier alpha value is -2.83. The molecule has 0 saturated carbocycles. The molecule has 1 heterocycles. The van der Waals surface area contributed by atoms with E-state index in [1.54, 1.807) is 0 Å². The van der Waals surface area contributed by atoms with E-state index in [9.17, 15) is 14.4 Å². The first-order chi connectivity index (χ1) is 10.5. The zero-order chi connectivity index (χ0) is 15.7. The fourth-order valence-corrected chi connectivity index (χ4v) is 2.68. The third kappa shape index (κ3) is 2.78. The summed E-state index contributed by atoms with van der Waals surface area (Å²) in [4.78, 5) is 36.7. The van der Waals surface area contributed by atoms with Crippen LogP contribution >= 0.6 is 0 Å². The summed E-state index contributed by atoms with van der Waals surface area (Å²) >= 11 is 0. The first kappa shape index (κ1) is 14.1. The van der Waals surface area contributed by atoms with Gasteiger partial charge in [0, 0.05) is 11.8 Å². The topological polar surface area (TPSA) is 104 Å². The second-order valence-electron chi connectivity index (χ2n) is 5.27. The zero-order valence-corrected chi connectivity index (χ0v) is 11.8. The fourth-order valence-electron chi connectivity index (χ4n) is 2.68. The Balaban J connectivity index is 1.88. The fraction of sp³-hybridized carbons (Fsp3) is 0.267. The lowest BCUT2D eigenvalue weighted by atomic mass is 10.1. The number of aryl methyl sites for hydroxylation is 2. The maximum atomic E-state index is 11.8. The number of aliphatic carboxylic acids is 1. The number of hydrogen-bond donors (Lipinski definition) is 3. The summed E-state index contributed by atoms with van der Waals surface area (Å²) in [7, 11) is 0. The van der Waals surface area contributed by atoms with Crippen molar-refractivity contribution in [3.63, 3.8) is 0 Å². The Morgan fingerprint density at radius 1 is 1.23 bits per heavy atom. The minimum Gasteiger partial charge on any atom is -0.480 e. The van der Waals surface area contributed by atoms with Gasteiger partial charge in [0.2, 0.25) is 0 Å². The first-order valence-corrected chi connectivity index (χ1v) is 6.98. The number of fused-ring (bicyclic) bond motifs is 1. The molecule has 0 unspecified atom stereocenters. The van der Waals surface area contributed by atoms with Crippen LogP contribution in [-0.2, 0) is 24.2 Å². The van der Waals surface area contributed by atoms with E-state index in [1.165, 1.54) is 17.2 Å². The number of aromatic amines is 1. The number of hydrogen-bond acceptors (Lipinski definition) is 4. The van der Waals surface area contributed by atoms with Crippen LogP contribution in [0, 0.1) is 0 Å².